The average molecular weight is 275 g/mol. The van der Waals surface area contributed by atoms with E-state index in [1.165, 1.54) is 17.7 Å². The second-order valence-electron chi connectivity index (χ2n) is 4.52. The highest BCUT2D eigenvalue weighted by Gasteiger charge is 2.03. The summed E-state index contributed by atoms with van der Waals surface area (Å²) in [5.41, 5.74) is 8.13. The standard InChI is InChI=1S/C16H18FNO2/c1-19-9-8-12-2-5-15(6-3-12)20-11-13-10-14(17)4-7-16(13)18/h2-7,10H,8-9,11,18H2,1H3. The van der Waals surface area contributed by atoms with E-state index < -0.39 is 0 Å². The molecule has 0 amide bonds. The maximum atomic E-state index is 13.1. The summed E-state index contributed by atoms with van der Waals surface area (Å²) in [7, 11) is 1.68. The van der Waals surface area contributed by atoms with E-state index in [0.29, 0.717) is 17.9 Å². The maximum absolute atomic E-state index is 13.1. The molecule has 0 bridgehead atoms. The minimum atomic E-state index is -0.312. The number of ether oxygens (including phenoxy) is 2. The van der Waals surface area contributed by atoms with Crippen LogP contribution in [-0.2, 0) is 17.8 Å². The number of halogens is 1. The van der Waals surface area contributed by atoms with Crippen LogP contribution < -0.4 is 10.5 Å². The van der Waals surface area contributed by atoms with Gasteiger partial charge in [-0.2, -0.15) is 0 Å². The predicted octanol–water partition coefficient (Wildman–Crippen LogP) is 3.18. The van der Waals surface area contributed by atoms with E-state index >= 15 is 0 Å². The lowest BCUT2D eigenvalue weighted by atomic mass is 10.1. The zero-order valence-corrected chi connectivity index (χ0v) is 11.4. The Morgan fingerprint density at radius 3 is 2.55 bits per heavy atom. The fourth-order valence-electron chi connectivity index (χ4n) is 1.83. The first-order valence-corrected chi connectivity index (χ1v) is 6.43. The van der Waals surface area contributed by atoms with Gasteiger partial charge in [-0.3, -0.25) is 0 Å². The van der Waals surface area contributed by atoms with Crippen molar-refractivity contribution < 1.29 is 13.9 Å². The van der Waals surface area contributed by atoms with Crippen LogP contribution in [0.15, 0.2) is 42.5 Å². The van der Waals surface area contributed by atoms with Crippen LogP contribution in [-0.4, -0.2) is 13.7 Å². The van der Waals surface area contributed by atoms with Crippen LogP contribution in [0.4, 0.5) is 10.1 Å². The highest BCUT2D eigenvalue weighted by Crippen LogP contribution is 2.18. The van der Waals surface area contributed by atoms with Crippen LogP contribution >= 0.6 is 0 Å². The smallest absolute Gasteiger partial charge is 0.123 e. The molecule has 3 nitrogen and oxygen atoms in total. The quantitative estimate of drug-likeness (QED) is 0.823. The Morgan fingerprint density at radius 2 is 1.85 bits per heavy atom. The van der Waals surface area contributed by atoms with Crippen LogP contribution in [0.5, 0.6) is 5.75 Å². The summed E-state index contributed by atoms with van der Waals surface area (Å²) in [4.78, 5) is 0. The molecular weight excluding hydrogens is 257 g/mol. The van der Waals surface area contributed by atoms with Gasteiger partial charge in [-0.1, -0.05) is 12.1 Å². The molecule has 20 heavy (non-hydrogen) atoms. The average Bonchev–Trinajstić information content (AvgIpc) is 2.47. The molecule has 2 rings (SSSR count). The Morgan fingerprint density at radius 1 is 1.10 bits per heavy atom. The number of benzene rings is 2. The molecule has 4 heteroatoms. The number of nitrogens with two attached hydrogens (primary N) is 1. The Hall–Kier alpha value is -2.07. The summed E-state index contributed by atoms with van der Waals surface area (Å²) >= 11 is 0. The van der Waals surface area contributed by atoms with Gasteiger partial charge in [-0.05, 0) is 42.3 Å². The molecule has 0 aliphatic heterocycles. The van der Waals surface area contributed by atoms with Crippen LogP contribution in [0.3, 0.4) is 0 Å². The third-order valence-electron chi connectivity index (χ3n) is 3.02. The lowest BCUT2D eigenvalue weighted by Crippen LogP contribution is -2.01. The van der Waals surface area contributed by atoms with E-state index in [9.17, 15) is 4.39 Å². The minimum Gasteiger partial charge on any atom is -0.489 e. The monoisotopic (exact) mass is 275 g/mol. The first-order chi connectivity index (χ1) is 9.69. The van der Waals surface area contributed by atoms with Crippen molar-refractivity contribution in [2.75, 3.05) is 19.5 Å². The van der Waals surface area contributed by atoms with Crippen LogP contribution in [0.1, 0.15) is 11.1 Å². The van der Waals surface area contributed by atoms with Gasteiger partial charge in [0.1, 0.15) is 18.2 Å². The molecule has 0 atom stereocenters. The normalized spacial score (nSPS) is 10.5. The molecule has 2 aromatic carbocycles. The Bertz CT molecular complexity index is 555. The van der Waals surface area contributed by atoms with E-state index in [-0.39, 0.29) is 12.4 Å². The molecule has 0 unspecified atom stereocenters. The number of hydrogen-bond acceptors (Lipinski definition) is 3. The van der Waals surface area contributed by atoms with Crippen LogP contribution in [0.25, 0.3) is 0 Å². The number of methoxy groups -OCH3 is 1. The molecule has 0 heterocycles. The van der Waals surface area contributed by atoms with Crippen molar-refractivity contribution >= 4 is 5.69 Å². The lowest BCUT2D eigenvalue weighted by molar-refractivity contribution is 0.202. The van der Waals surface area contributed by atoms with Crippen LogP contribution in [0, 0.1) is 5.82 Å². The molecule has 0 radical (unpaired) electrons. The molecule has 106 valence electrons. The molecule has 2 aromatic rings. The molecule has 0 saturated carbocycles. The topological polar surface area (TPSA) is 44.5 Å². The van der Waals surface area contributed by atoms with Gasteiger partial charge in [-0.25, -0.2) is 4.39 Å². The largest absolute Gasteiger partial charge is 0.489 e. The SMILES string of the molecule is COCCc1ccc(OCc2cc(F)ccc2N)cc1. The van der Waals surface area contributed by atoms with Crippen molar-refractivity contribution in [3.05, 3.63) is 59.4 Å². The van der Waals surface area contributed by atoms with Gasteiger partial charge in [-0.15, -0.1) is 0 Å². The van der Waals surface area contributed by atoms with Gasteiger partial charge >= 0.3 is 0 Å². The third-order valence-corrected chi connectivity index (χ3v) is 3.02. The summed E-state index contributed by atoms with van der Waals surface area (Å²) in [5, 5.41) is 0. The van der Waals surface area contributed by atoms with Crippen LogP contribution in [0.2, 0.25) is 0 Å². The maximum Gasteiger partial charge on any atom is 0.123 e. The highest BCUT2D eigenvalue weighted by molar-refractivity contribution is 5.46. The Kier molecular flexibility index (Phi) is 4.96. The van der Waals surface area contributed by atoms with Crippen molar-refractivity contribution in [3.63, 3.8) is 0 Å². The van der Waals surface area contributed by atoms with E-state index in [1.807, 2.05) is 24.3 Å². The van der Waals surface area contributed by atoms with Gasteiger partial charge in [0.25, 0.3) is 0 Å². The minimum absolute atomic E-state index is 0.251. The molecule has 0 saturated heterocycles. The van der Waals surface area contributed by atoms with Gasteiger partial charge in [0.05, 0.1) is 6.61 Å². The number of anilines is 1. The molecule has 0 fully saturated rings. The summed E-state index contributed by atoms with van der Waals surface area (Å²) in [6.07, 6.45) is 0.869. The molecular formula is C16H18FNO2. The zero-order valence-electron chi connectivity index (χ0n) is 11.4. The number of rotatable bonds is 6. The lowest BCUT2D eigenvalue weighted by Gasteiger charge is -2.09. The van der Waals surface area contributed by atoms with Gasteiger partial charge in [0.2, 0.25) is 0 Å². The summed E-state index contributed by atoms with van der Waals surface area (Å²) in [6.45, 7) is 0.945. The number of nitrogen functional groups attached to an aromatic ring is 1. The van der Waals surface area contributed by atoms with Gasteiger partial charge in [0.15, 0.2) is 0 Å². The summed E-state index contributed by atoms with van der Waals surface area (Å²) in [6, 6.07) is 12.0. The second-order valence-corrected chi connectivity index (χ2v) is 4.52. The van der Waals surface area contributed by atoms with Crippen molar-refractivity contribution in [2.45, 2.75) is 13.0 Å². The van der Waals surface area contributed by atoms with E-state index in [2.05, 4.69) is 0 Å². The van der Waals surface area contributed by atoms with E-state index in [0.717, 1.165) is 12.2 Å². The van der Waals surface area contributed by atoms with E-state index in [4.69, 9.17) is 15.2 Å². The first kappa shape index (κ1) is 14.3. The molecule has 2 N–H and O–H groups in total. The summed E-state index contributed by atoms with van der Waals surface area (Å²) < 4.78 is 23.8. The third kappa shape index (κ3) is 3.96. The Balaban J connectivity index is 1.95. The highest BCUT2D eigenvalue weighted by atomic mass is 19.1. The van der Waals surface area contributed by atoms with Crippen molar-refractivity contribution in [1.29, 1.82) is 0 Å². The summed E-state index contributed by atoms with van der Waals surface area (Å²) in [5.74, 6) is 0.419. The Labute approximate surface area is 118 Å². The fraction of sp³-hybridized carbons (Fsp3) is 0.250. The number of hydrogen-bond donors (Lipinski definition) is 1. The first-order valence-electron chi connectivity index (χ1n) is 6.43. The van der Waals surface area contributed by atoms with Gasteiger partial charge < -0.3 is 15.2 Å². The van der Waals surface area contributed by atoms with Crippen molar-refractivity contribution in [3.8, 4) is 5.75 Å². The van der Waals surface area contributed by atoms with Gasteiger partial charge in [0, 0.05) is 18.4 Å². The van der Waals surface area contributed by atoms with E-state index in [1.54, 1.807) is 13.2 Å². The molecule has 0 spiro atoms. The zero-order chi connectivity index (χ0) is 14.4. The second kappa shape index (κ2) is 6.91. The molecule has 0 aromatic heterocycles. The molecule has 0 aliphatic carbocycles. The molecule has 0 aliphatic rings. The van der Waals surface area contributed by atoms with Crippen molar-refractivity contribution in [1.82, 2.24) is 0 Å². The fourth-order valence-corrected chi connectivity index (χ4v) is 1.83. The predicted molar refractivity (Wildman–Crippen MR) is 77.2 cm³/mol. The van der Waals surface area contributed by atoms with Crippen molar-refractivity contribution in [2.24, 2.45) is 0 Å².